The third kappa shape index (κ3) is 5.44. The lowest BCUT2D eigenvalue weighted by atomic mass is 10.0. The highest BCUT2D eigenvalue weighted by molar-refractivity contribution is 6.31. The Morgan fingerprint density at radius 1 is 1.04 bits per heavy atom. The molecule has 1 heterocycles. The summed E-state index contributed by atoms with van der Waals surface area (Å²) in [4.78, 5) is 16.7. The molecule has 0 bridgehead atoms. The van der Waals surface area contributed by atoms with E-state index in [-0.39, 0.29) is 5.91 Å². The molecule has 0 unspecified atom stereocenters. The second kappa shape index (κ2) is 9.20. The third-order valence-corrected chi connectivity index (χ3v) is 5.43. The normalized spacial score (nSPS) is 15.6. The van der Waals surface area contributed by atoms with Crippen molar-refractivity contribution in [2.24, 2.45) is 0 Å². The molecule has 2 aromatic rings. The predicted molar refractivity (Wildman–Crippen MR) is 113 cm³/mol. The Balaban J connectivity index is 1.50. The Labute approximate surface area is 167 Å². The molecule has 1 fully saturated rings. The van der Waals surface area contributed by atoms with Crippen LogP contribution >= 0.6 is 11.6 Å². The van der Waals surface area contributed by atoms with Gasteiger partial charge in [-0.05, 0) is 34.8 Å². The summed E-state index contributed by atoms with van der Waals surface area (Å²) in [6, 6.07) is 16.3. The molecule has 0 aliphatic carbocycles. The average molecular weight is 383 g/mol. The maximum absolute atomic E-state index is 12.5. The summed E-state index contributed by atoms with van der Waals surface area (Å²) < 4.78 is 0. The first-order valence-electron chi connectivity index (χ1n) is 9.55. The van der Waals surface area contributed by atoms with Crippen molar-refractivity contribution >= 4 is 23.6 Å². The van der Waals surface area contributed by atoms with Crippen LogP contribution in [0.1, 0.15) is 36.5 Å². The minimum Gasteiger partial charge on any atom is -0.337 e. The molecule has 2 aromatic carbocycles. The van der Waals surface area contributed by atoms with Gasteiger partial charge in [0.05, 0.1) is 0 Å². The predicted octanol–water partition coefficient (Wildman–Crippen LogP) is 4.82. The number of carbonyl (C=O) groups excluding carboxylic acids is 1. The lowest BCUT2D eigenvalue weighted by Gasteiger charge is -2.34. The van der Waals surface area contributed by atoms with E-state index in [1.807, 2.05) is 29.2 Å². The first-order chi connectivity index (χ1) is 13.0. The number of amides is 1. The van der Waals surface area contributed by atoms with Crippen molar-refractivity contribution in [3.05, 3.63) is 76.3 Å². The van der Waals surface area contributed by atoms with Gasteiger partial charge in [-0.1, -0.05) is 67.9 Å². The molecule has 0 saturated carbocycles. The van der Waals surface area contributed by atoms with Crippen molar-refractivity contribution in [3.63, 3.8) is 0 Å². The number of rotatable bonds is 5. The molecule has 4 heteroatoms. The first-order valence-corrected chi connectivity index (χ1v) is 9.93. The highest BCUT2D eigenvalue weighted by Gasteiger charge is 2.20. The summed E-state index contributed by atoms with van der Waals surface area (Å²) in [6.07, 6.45) is 3.59. The van der Waals surface area contributed by atoms with Gasteiger partial charge in [0, 0.05) is 43.8 Å². The molecular formula is C23H27ClN2O. The minimum absolute atomic E-state index is 0.0836. The van der Waals surface area contributed by atoms with Gasteiger partial charge in [-0.2, -0.15) is 0 Å². The SMILES string of the molecule is CC(C)c1ccc(/C=C/C(=O)N2CCN(Cc3ccccc3Cl)CC2)cc1. The molecule has 142 valence electrons. The Morgan fingerprint density at radius 2 is 1.70 bits per heavy atom. The van der Waals surface area contributed by atoms with Gasteiger partial charge in [0.15, 0.2) is 0 Å². The lowest BCUT2D eigenvalue weighted by molar-refractivity contribution is -0.127. The molecular weight excluding hydrogens is 356 g/mol. The molecule has 1 aliphatic rings. The average Bonchev–Trinajstić information content (AvgIpc) is 2.69. The molecule has 0 N–H and O–H groups in total. The molecule has 0 atom stereocenters. The molecule has 27 heavy (non-hydrogen) atoms. The Morgan fingerprint density at radius 3 is 2.33 bits per heavy atom. The van der Waals surface area contributed by atoms with Crippen LogP contribution in [0, 0.1) is 0 Å². The van der Waals surface area contributed by atoms with Crippen molar-refractivity contribution in [3.8, 4) is 0 Å². The molecule has 1 aliphatic heterocycles. The third-order valence-electron chi connectivity index (χ3n) is 5.06. The first kappa shape index (κ1) is 19.7. The molecule has 0 radical (unpaired) electrons. The molecule has 3 rings (SSSR count). The Hall–Kier alpha value is -2.10. The fourth-order valence-electron chi connectivity index (χ4n) is 3.26. The van der Waals surface area contributed by atoms with Crippen LogP contribution in [-0.2, 0) is 11.3 Å². The van der Waals surface area contributed by atoms with Crippen molar-refractivity contribution in [2.45, 2.75) is 26.3 Å². The van der Waals surface area contributed by atoms with Crippen LogP contribution in [0.5, 0.6) is 0 Å². The maximum Gasteiger partial charge on any atom is 0.246 e. The van der Waals surface area contributed by atoms with E-state index in [1.54, 1.807) is 6.08 Å². The number of hydrogen-bond acceptors (Lipinski definition) is 2. The topological polar surface area (TPSA) is 23.6 Å². The summed E-state index contributed by atoms with van der Waals surface area (Å²) in [6.45, 7) is 8.43. The zero-order valence-electron chi connectivity index (χ0n) is 16.1. The summed E-state index contributed by atoms with van der Waals surface area (Å²) in [5, 5.41) is 0.808. The fourth-order valence-corrected chi connectivity index (χ4v) is 3.45. The molecule has 3 nitrogen and oxygen atoms in total. The van der Waals surface area contributed by atoms with E-state index in [4.69, 9.17) is 11.6 Å². The van der Waals surface area contributed by atoms with Gasteiger partial charge in [-0.25, -0.2) is 0 Å². The van der Waals surface area contributed by atoms with E-state index >= 15 is 0 Å². The Bertz CT molecular complexity index is 790. The van der Waals surface area contributed by atoms with Crippen LogP contribution in [0.25, 0.3) is 6.08 Å². The second-order valence-corrected chi connectivity index (χ2v) is 7.75. The zero-order valence-corrected chi connectivity index (χ0v) is 16.8. The summed E-state index contributed by atoms with van der Waals surface area (Å²) in [5.74, 6) is 0.604. The second-order valence-electron chi connectivity index (χ2n) is 7.35. The molecule has 0 aromatic heterocycles. The van der Waals surface area contributed by atoms with Gasteiger partial charge in [0.2, 0.25) is 5.91 Å². The van der Waals surface area contributed by atoms with Crippen LogP contribution < -0.4 is 0 Å². The number of carbonyl (C=O) groups is 1. The van der Waals surface area contributed by atoms with Crippen molar-refractivity contribution in [1.29, 1.82) is 0 Å². The van der Waals surface area contributed by atoms with Crippen molar-refractivity contribution in [1.82, 2.24) is 9.80 Å². The van der Waals surface area contributed by atoms with Gasteiger partial charge in [-0.3, -0.25) is 9.69 Å². The van der Waals surface area contributed by atoms with Crippen LogP contribution in [0.2, 0.25) is 5.02 Å². The maximum atomic E-state index is 12.5. The van der Waals surface area contributed by atoms with Gasteiger partial charge in [-0.15, -0.1) is 0 Å². The van der Waals surface area contributed by atoms with Crippen LogP contribution in [0.3, 0.4) is 0 Å². The van der Waals surface area contributed by atoms with E-state index in [1.165, 1.54) is 5.56 Å². The number of hydrogen-bond donors (Lipinski definition) is 0. The molecule has 1 amide bonds. The zero-order chi connectivity index (χ0) is 19.2. The minimum atomic E-state index is 0.0836. The fraction of sp³-hybridized carbons (Fsp3) is 0.348. The lowest BCUT2D eigenvalue weighted by Crippen LogP contribution is -2.47. The van der Waals surface area contributed by atoms with Gasteiger partial charge >= 0.3 is 0 Å². The van der Waals surface area contributed by atoms with Crippen LogP contribution in [-0.4, -0.2) is 41.9 Å². The smallest absolute Gasteiger partial charge is 0.246 e. The van der Waals surface area contributed by atoms with Crippen LogP contribution in [0.4, 0.5) is 0 Å². The standard InChI is InChI=1S/C23H27ClN2O/c1-18(2)20-10-7-19(8-11-20)9-12-23(27)26-15-13-25(14-16-26)17-21-5-3-4-6-22(21)24/h3-12,18H,13-17H2,1-2H3/b12-9+. The number of piperazine rings is 1. The Kier molecular flexibility index (Phi) is 6.70. The van der Waals surface area contributed by atoms with E-state index in [9.17, 15) is 4.79 Å². The highest BCUT2D eigenvalue weighted by atomic mass is 35.5. The summed E-state index contributed by atoms with van der Waals surface area (Å²) in [7, 11) is 0. The van der Waals surface area contributed by atoms with E-state index in [2.05, 4.69) is 49.1 Å². The quantitative estimate of drug-likeness (QED) is 0.692. The van der Waals surface area contributed by atoms with Gasteiger partial charge in [0.1, 0.15) is 0 Å². The number of halogens is 1. The highest BCUT2D eigenvalue weighted by Crippen LogP contribution is 2.18. The monoisotopic (exact) mass is 382 g/mol. The largest absolute Gasteiger partial charge is 0.337 e. The van der Waals surface area contributed by atoms with E-state index in [0.29, 0.717) is 5.92 Å². The van der Waals surface area contributed by atoms with Gasteiger partial charge in [0.25, 0.3) is 0 Å². The van der Waals surface area contributed by atoms with Crippen molar-refractivity contribution in [2.75, 3.05) is 26.2 Å². The number of benzene rings is 2. The van der Waals surface area contributed by atoms with Crippen molar-refractivity contribution < 1.29 is 4.79 Å². The van der Waals surface area contributed by atoms with E-state index < -0.39 is 0 Å². The number of nitrogens with zero attached hydrogens (tertiary/aromatic N) is 2. The molecule has 1 saturated heterocycles. The molecule has 0 spiro atoms. The summed E-state index contributed by atoms with van der Waals surface area (Å²) in [5.41, 5.74) is 3.52. The van der Waals surface area contributed by atoms with Crippen LogP contribution in [0.15, 0.2) is 54.6 Å². The summed E-state index contributed by atoms with van der Waals surface area (Å²) >= 11 is 6.25. The van der Waals surface area contributed by atoms with Gasteiger partial charge < -0.3 is 4.90 Å². The van der Waals surface area contributed by atoms with E-state index in [0.717, 1.165) is 48.9 Å².